The van der Waals surface area contributed by atoms with Crippen molar-refractivity contribution in [2.24, 2.45) is 0 Å². The van der Waals surface area contributed by atoms with Gasteiger partial charge in [-0.05, 0) is 31.0 Å². The minimum atomic E-state index is 0. The van der Waals surface area contributed by atoms with Gasteiger partial charge >= 0.3 is 0 Å². The molecule has 0 aliphatic rings. The second kappa shape index (κ2) is 10.6. The Morgan fingerprint density at radius 3 is 2.36 bits per heavy atom. The van der Waals surface area contributed by atoms with E-state index in [-0.39, 0.29) is 18.3 Å². The van der Waals surface area contributed by atoms with E-state index in [1.807, 2.05) is 32.5 Å². The molecule has 0 aromatic heterocycles. The Morgan fingerprint density at radius 2 is 1.86 bits per heavy atom. The maximum Gasteiger partial charge on any atom is 0.223 e. The number of nitrogens with zero attached hydrogens (tertiary/aromatic N) is 1. The molecule has 1 N–H and O–H groups in total. The second-order valence-electron chi connectivity index (χ2n) is 4.62. The first-order chi connectivity index (χ1) is 10.1. The lowest BCUT2D eigenvalue weighted by molar-refractivity contribution is -0.130. The van der Waals surface area contributed by atoms with E-state index < -0.39 is 0 Å². The molecule has 7 heteroatoms. The first-order valence-electron chi connectivity index (χ1n) is 6.74. The number of hydrogen-bond donors (Lipinski definition) is 1. The Labute approximate surface area is 143 Å². The van der Waals surface area contributed by atoms with Gasteiger partial charge in [0.25, 0.3) is 0 Å². The van der Waals surface area contributed by atoms with Gasteiger partial charge in [0.1, 0.15) is 0 Å². The van der Waals surface area contributed by atoms with E-state index in [9.17, 15) is 4.79 Å². The van der Waals surface area contributed by atoms with Gasteiger partial charge in [-0.15, -0.1) is 24.2 Å². The molecule has 0 unspecified atom stereocenters. The van der Waals surface area contributed by atoms with Gasteiger partial charge < -0.3 is 19.7 Å². The van der Waals surface area contributed by atoms with Gasteiger partial charge in [0.15, 0.2) is 11.5 Å². The van der Waals surface area contributed by atoms with Crippen molar-refractivity contribution in [3.05, 3.63) is 17.7 Å². The van der Waals surface area contributed by atoms with E-state index in [1.165, 1.54) is 0 Å². The zero-order chi connectivity index (χ0) is 15.8. The molecule has 0 spiro atoms. The van der Waals surface area contributed by atoms with Gasteiger partial charge in [-0.2, -0.15) is 0 Å². The van der Waals surface area contributed by atoms with Crippen LogP contribution in [-0.2, 0) is 11.3 Å². The standard InChI is InChI=1S/C15H24N2O3S.ClH/c1-16-7-6-15(18)17(2)10-11-8-12(19-3)13(20-4)9-14(11)21-5;/h8-9,16H,6-7,10H2,1-5H3;1H. The Hall–Kier alpha value is -1.11. The minimum Gasteiger partial charge on any atom is -0.493 e. The summed E-state index contributed by atoms with van der Waals surface area (Å²) in [6.45, 7) is 1.24. The molecule has 1 rings (SSSR count). The average molecular weight is 349 g/mol. The summed E-state index contributed by atoms with van der Waals surface area (Å²) in [4.78, 5) is 14.8. The summed E-state index contributed by atoms with van der Waals surface area (Å²) in [7, 11) is 6.89. The van der Waals surface area contributed by atoms with Gasteiger partial charge in [-0.3, -0.25) is 4.79 Å². The average Bonchev–Trinajstić information content (AvgIpc) is 2.51. The largest absolute Gasteiger partial charge is 0.493 e. The predicted octanol–water partition coefficient (Wildman–Crippen LogP) is 2.42. The summed E-state index contributed by atoms with van der Waals surface area (Å²) < 4.78 is 10.6. The molecule has 0 fully saturated rings. The summed E-state index contributed by atoms with van der Waals surface area (Å²) in [6, 6.07) is 3.89. The van der Waals surface area contributed by atoms with E-state index in [1.54, 1.807) is 30.9 Å². The van der Waals surface area contributed by atoms with Crippen LogP contribution in [-0.4, -0.2) is 51.9 Å². The number of ether oxygens (including phenoxy) is 2. The molecule has 0 radical (unpaired) electrons. The number of methoxy groups -OCH3 is 2. The Balaban J connectivity index is 0.00000441. The van der Waals surface area contributed by atoms with E-state index in [4.69, 9.17) is 9.47 Å². The van der Waals surface area contributed by atoms with Crippen LogP contribution in [0, 0.1) is 0 Å². The van der Waals surface area contributed by atoms with Crippen LogP contribution in [0.25, 0.3) is 0 Å². The molecule has 0 saturated heterocycles. The van der Waals surface area contributed by atoms with Crippen molar-refractivity contribution in [1.82, 2.24) is 10.2 Å². The lowest BCUT2D eigenvalue weighted by Gasteiger charge is -2.20. The molecule has 0 atom stereocenters. The number of thioether (sulfide) groups is 1. The van der Waals surface area contributed by atoms with Crippen LogP contribution in [0.5, 0.6) is 11.5 Å². The van der Waals surface area contributed by atoms with Crippen molar-refractivity contribution in [1.29, 1.82) is 0 Å². The molecule has 22 heavy (non-hydrogen) atoms. The van der Waals surface area contributed by atoms with Crippen LogP contribution in [0.1, 0.15) is 12.0 Å². The van der Waals surface area contributed by atoms with Crippen molar-refractivity contribution in [2.45, 2.75) is 17.9 Å². The second-order valence-corrected chi connectivity index (χ2v) is 5.47. The fourth-order valence-corrected chi connectivity index (χ4v) is 2.59. The van der Waals surface area contributed by atoms with Gasteiger partial charge in [0.05, 0.1) is 14.2 Å². The lowest BCUT2D eigenvalue weighted by atomic mass is 10.1. The van der Waals surface area contributed by atoms with E-state index in [2.05, 4.69) is 5.32 Å². The van der Waals surface area contributed by atoms with Crippen LogP contribution < -0.4 is 14.8 Å². The summed E-state index contributed by atoms with van der Waals surface area (Å²) in [5.74, 6) is 1.50. The number of benzene rings is 1. The molecule has 0 heterocycles. The minimum absolute atomic E-state index is 0. The van der Waals surface area contributed by atoms with Gasteiger partial charge in [-0.1, -0.05) is 0 Å². The van der Waals surface area contributed by atoms with Crippen LogP contribution in [0.15, 0.2) is 17.0 Å². The number of amides is 1. The third-order valence-corrected chi connectivity index (χ3v) is 4.03. The van der Waals surface area contributed by atoms with Crippen molar-refractivity contribution in [3.8, 4) is 11.5 Å². The van der Waals surface area contributed by atoms with Crippen LogP contribution in [0.3, 0.4) is 0 Å². The lowest BCUT2D eigenvalue weighted by Crippen LogP contribution is -2.28. The third-order valence-electron chi connectivity index (χ3n) is 3.21. The number of rotatable bonds is 8. The van der Waals surface area contributed by atoms with E-state index >= 15 is 0 Å². The molecule has 0 aliphatic carbocycles. The number of halogens is 1. The van der Waals surface area contributed by atoms with Gasteiger partial charge in [0.2, 0.25) is 5.91 Å². The summed E-state index contributed by atoms with van der Waals surface area (Å²) in [5.41, 5.74) is 1.06. The van der Waals surface area contributed by atoms with E-state index in [0.717, 1.165) is 10.5 Å². The molecule has 0 aliphatic heterocycles. The Morgan fingerprint density at radius 1 is 1.27 bits per heavy atom. The molecular weight excluding hydrogens is 324 g/mol. The Kier molecular flexibility index (Phi) is 10.1. The number of hydrogen-bond acceptors (Lipinski definition) is 5. The predicted molar refractivity (Wildman–Crippen MR) is 93.6 cm³/mol. The highest BCUT2D eigenvalue weighted by molar-refractivity contribution is 7.98. The van der Waals surface area contributed by atoms with Gasteiger partial charge in [-0.25, -0.2) is 0 Å². The smallest absolute Gasteiger partial charge is 0.223 e. The topological polar surface area (TPSA) is 50.8 Å². The van der Waals surface area contributed by atoms with Crippen LogP contribution in [0.4, 0.5) is 0 Å². The molecule has 1 aromatic carbocycles. The van der Waals surface area contributed by atoms with Crippen molar-refractivity contribution < 1.29 is 14.3 Å². The molecule has 126 valence electrons. The SMILES string of the molecule is CNCCC(=O)N(C)Cc1cc(OC)c(OC)cc1SC.Cl. The maximum absolute atomic E-state index is 12.0. The van der Waals surface area contributed by atoms with Crippen molar-refractivity contribution in [2.75, 3.05) is 41.1 Å². The van der Waals surface area contributed by atoms with Crippen LogP contribution in [0.2, 0.25) is 0 Å². The summed E-state index contributed by atoms with van der Waals surface area (Å²) >= 11 is 1.63. The first-order valence-corrected chi connectivity index (χ1v) is 7.97. The zero-order valence-electron chi connectivity index (χ0n) is 13.8. The highest BCUT2D eigenvalue weighted by Crippen LogP contribution is 2.35. The molecular formula is C15H25ClN2O3S. The molecule has 1 amide bonds. The molecule has 5 nitrogen and oxygen atoms in total. The molecule has 0 saturated carbocycles. The first kappa shape index (κ1) is 20.9. The highest BCUT2D eigenvalue weighted by atomic mass is 35.5. The fourth-order valence-electron chi connectivity index (χ4n) is 1.98. The molecule has 1 aromatic rings. The monoisotopic (exact) mass is 348 g/mol. The quantitative estimate of drug-likeness (QED) is 0.731. The van der Waals surface area contributed by atoms with E-state index in [0.29, 0.717) is 31.0 Å². The van der Waals surface area contributed by atoms with Crippen molar-refractivity contribution in [3.63, 3.8) is 0 Å². The van der Waals surface area contributed by atoms with Gasteiger partial charge in [0, 0.05) is 31.5 Å². The normalized spacial score (nSPS) is 9.86. The summed E-state index contributed by atoms with van der Waals surface area (Å²) in [5, 5.41) is 2.99. The maximum atomic E-state index is 12.0. The fraction of sp³-hybridized carbons (Fsp3) is 0.533. The number of carbonyl (C=O) groups is 1. The zero-order valence-corrected chi connectivity index (χ0v) is 15.4. The highest BCUT2D eigenvalue weighted by Gasteiger charge is 2.14. The molecule has 0 bridgehead atoms. The van der Waals surface area contributed by atoms with Crippen LogP contribution >= 0.6 is 24.2 Å². The number of carbonyl (C=O) groups excluding carboxylic acids is 1. The number of nitrogens with one attached hydrogen (secondary N) is 1. The summed E-state index contributed by atoms with van der Waals surface area (Å²) in [6.07, 6.45) is 2.50. The third kappa shape index (κ3) is 5.59. The Bertz CT molecular complexity index is 486. The van der Waals surface area contributed by atoms with Crippen molar-refractivity contribution >= 4 is 30.1 Å².